The van der Waals surface area contributed by atoms with E-state index in [0.717, 1.165) is 3.57 Å². The number of esters is 1. The number of alkyl carbamates (subject to hydrolysis) is 1. The lowest BCUT2D eigenvalue weighted by Gasteiger charge is -2.19. The number of ether oxygens (including phenoxy) is 3. The number of nitrogens with one attached hydrogen (secondary N) is 1. The second-order valence-electron chi connectivity index (χ2n) is 5.41. The van der Waals surface area contributed by atoms with Crippen molar-refractivity contribution in [3.8, 4) is 5.75 Å². The number of carbonyl (C=O) groups is 2. The Hall–Kier alpha value is -1.51. The van der Waals surface area contributed by atoms with Gasteiger partial charge in [-0.1, -0.05) is 0 Å². The van der Waals surface area contributed by atoms with Crippen LogP contribution in [-0.2, 0) is 9.47 Å². The molecule has 0 aliphatic heterocycles. The maximum absolute atomic E-state index is 11.5. The van der Waals surface area contributed by atoms with Crippen LogP contribution in [0.5, 0.6) is 5.75 Å². The maximum Gasteiger partial charge on any atom is 0.407 e. The molecule has 0 unspecified atom stereocenters. The van der Waals surface area contributed by atoms with Gasteiger partial charge in [-0.05, 0) is 61.6 Å². The summed E-state index contributed by atoms with van der Waals surface area (Å²) >= 11 is 2.11. The second-order valence-corrected chi connectivity index (χ2v) is 6.58. The summed E-state index contributed by atoms with van der Waals surface area (Å²) in [5, 5.41) is 2.60. The van der Waals surface area contributed by atoms with Crippen LogP contribution in [0.15, 0.2) is 18.2 Å². The number of amides is 1. The first-order valence-electron chi connectivity index (χ1n) is 6.70. The molecule has 0 aromatic heterocycles. The van der Waals surface area contributed by atoms with E-state index in [0.29, 0.717) is 17.9 Å². The topological polar surface area (TPSA) is 73.9 Å². The molecule has 122 valence electrons. The van der Waals surface area contributed by atoms with Crippen molar-refractivity contribution in [1.29, 1.82) is 0 Å². The fourth-order valence-electron chi connectivity index (χ4n) is 1.49. The molecule has 1 N–H and O–H groups in total. The molecule has 0 aliphatic rings. The van der Waals surface area contributed by atoms with E-state index in [1.165, 1.54) is 7.11 Å². The van der Waals surface area contributed by atoms with Gasteiger partial charge in [-0.2, -0.15) is 0 Å². The minimum Gasteiger partial charge on any atom is -0.491 e. The standard InChI is InChI=1S/C15H20INO5/c1-15(2,3)22-14(19)17-7-8-21-12-9-10(13(18)20-4)5-6-11(12)16/h5-6,9H,7-8H2,1-4H3,(H,17,19). The van der Waals surface area contributed by atoms with Gasteiger partial charge >= 0.3 is 12.1 Å². The van der Waals surface area contributed by atoms with Gasteiger partial charge in [0.15, 0.2) is 0 Å². The fraction of sp³-hybridized carbons (Fsp3) is 0.467. The molecule has 1 aromatic carbocycles. The van der Waals surface area contributed by atoms with Gasteiger partial charge in [-0.3, -0.25) is 0 Å². The molecule has 0 bridgehead atoms. The smallest absolute Gasteiger partial charge is 0.407 e. The van der Waals surface area contributed by atoms with Gasteiger partial charge in [0.05, 0.1) is 22.8 Å². The van der Waals surface area contributed by atoms with Crippen LogP contribution in [0.25, 0.3) is 0 Å². The van der Waals surface area contributed by atoms with E-state index in [4.69, 9.17) is 9.47 Å². The molecule has 0 atom stereocenters. The summed E-state index contributed by atoms with van der Waals surface area (Å²) in [6, 6.07) is 5.05. The number of methoxy groups -OCH3 is 1. The second kappa shape index (κ2) is 8.21. The highest BCUT2D eigenvalue weighted by atomic mass is 127. The van der Waals surface area contributed by atoms with Crippen LogP contribution in [0.3, 0.4) is 0 Å². The van der Waals surface area contributed by atoms with Gasteiger partial charge in [0.25, 0.3) is 0 Å². The van der Waals surface area contributed by atoms with E-state index >= 15 is 0 Å². The number of halogens is 1. The van der Waals surface area contributed by atoms with Gasteiger partial charge in [0.1, 0.15) is 18.0 Å². The summed E-state index contributed by atoms with van der Waals surface area (Å²) in [5.41, 5.74) is -0.118. The largest absolute Gasteiger partial charge is 0.491 e. The van der Waals surface area contributed by atoms with Crippen LogP contribution in [0.2, 0.25) is 0 Å². The summed E-state index contributed by atoms with van der Waals surface area (Å²) in [6.45, 7) is 5.95. The lowest BCUT2D eigenvalue weighted by Crippen LogP contribution is -2.34. The first-order chi connectivity index (χ1) is 10.2. The quantitative estimate of drug-likeness (QED) is 0.450. The van der Waals surface area contributed by atoms with Crippen molar-refractivity contribution < 1.29 is 23.8 Å². The third-order valence-corrected chi connectivity index (χ3v) is 3.27. The first kappa shape index (κ1) is 18.5. The normalized spacial score (nSPS) is 10.8. The molecule has 22 heavy (non-hydrogen) atoms. The Morgan fingerprint density at radius 2 is 1.95 bits per heavy atom. The number of benzene rings is 1. The Balaban J connectivity index is 2.48. The highest BCUT2D eigenvalue weighted by molar-refractivity contribution is 14.1. The van der Waals surface area contributed by atoms with E-state index in [1.54, 1.807) is 39.0 Å². The van der Waals surface area contributed by atoms with Crippen molar-refractivity contribution in [2.24, 2.45) is 0 Å². The molecular weight excluding hydrogens is 401 g/mol. The van der Waals surface area contributed by atoms with Crippen molar-refractivity contribution in [2.75, 3.05) is 20.3 Å². The molecule has 1 aromatic rings. The third-order valence-electron chi connectivity index (χ3n) is 2.38. The summed E-state index contributed by atoms with van der Waals surface area (Å²) < 4.78 is 16.2. The molecule has 1 amide bonds. The van der Waals surface area contributed by atoms with Crippen molar-refractivity contribution in [3.63, 3.8) is 0 Å². The Morgan fingerprint density at radius 3 is 2.55 bits per heavy atom. The highest BCUT2D eigenvalue weighted by Crippen LogP contribution is 2.22. The van der Waals surface area contributed by atoms with Gasteiger partial charge < -0.3 is 19.5 Å². The molecule has 0 saturated carbocycles. The van der Waals surface area contributed by atoms with Gasteiger partial charge in [-0.25, -0.2) is 9.59 Å². The average molecular weight is 421 g/mol. The molecular formula is C15H20INO5. The van der Waals surface area contributed by atoms with Gasteiger partial charge in [0.2, 0.25) is 0 Å². The molecule has 0 radical (unpaired) electrons. The summed E-state index contributed by atoms with van der Waals surface area (Å²) in [5.74, 6) is 0.141. The lowest BCUT2D eigenvalue weighted by molar-refractivity contribution is 0.0519. The Bertz CT molecular complexity index is 539. The predicted octanol–water partition coefficient (Wildman–Crippen LogP) is 2.98. The van der Waals surface area contributed by atoms with Crippen molar-refractivity contribution in [3.05, 3.63) is 27.3 Å². The molecule has 1 rings (SSSR count). The monoisotopic (exact) mass is 421 g/mol. The number of carbonyl (C=O) groups excluding carboxylic acids is 2. The van der Waals surface area contributed by atoms with Crippen LogP contribution in [0.4, 0.5) is 4.79 Å². The predicted molar refractivity (Wildman–Crippen MR) is 90.2 cm³/mol. The van der Waals surface area contributed by atoms with Crippen LogP contribution in [0, 0.1) is 3.57 Å². The number of rotatable bonds is 5. The zero-order chi connectivity index (χ0) is 16.8. The first-order valence-corrected chi connectivity index (χ1v) is 7.78. The highest BCUT2D eigenvalue weighted by Gasteiger charge is 2.15. The van der Waals surface area contributed by atoms with Crippen LogP contribution in [0.1, 0.15) is 31.1 Å². The van der Waals surface area contributed by atoms with Gasteiger partial charge in [0, 0.05) is 0 Å². The minimum atomic E-state index is -0.533. The third kappa shape index (κ3) is 6.50. The van der Waals surface area contributed by atoms with E-state index < -0.39 is 17.7 Å². The minimum absolute atomic E-state index is 0.264. The van der Waals surface area contributed by atoms with E-state index in [2.05, 4.69) is 32.6 Å². The van der Waals surface area contributed by atoms with Crippen molar-refractivity contribution in [2.45, 2.75) is 26.4 Å². The maximum atomic E-state index is 11.5. The van der Waals surface area contributed by atoms with Crippen LogP contribution in [-0.4, -0.2) is 37.9 Å². The van der Waals surface area contributed by atoms with Crippen molar-refractivity contribution >= 4 is 34.7 Å². The summed E-state index contributed by atoms with van der Waals surface area (Å²) in [7, 11) is 1.32. The zero-order valence-corrected chi connectivity index (χ0v) is 15.2. The van der Waals surface area contributed by atoms with E-state index in [9.17, 15) is 9.59 Å². The molecule has 0 saturated heterocycles. The Kier molecular flexibility index (Phi) is 6.92. The van der Waals surface area contributed by atoms with Crippen molar-refractivity contribution in [1.82, 2.24) is 5.32 Å². The molecule has 0 heterocycles. The van der Waals surface area contributed by atoms with Crippen LogP contribution >= 0.6 is 22.6 Å². The van der Waals surface area contributed by atoms with Crippen LogP contribution < -0.4 is 10.1 Å². The molecule has 6 nitrogen and oxygen atoms in total. The summed E-state index contributed by atoms with van der Waals surface area (Å²) in [6.07, 6.45) is -0.492. The Morgan fingerprint density at radius 1 is 1.27 bits per heavy atom. The van der Waals surface area contributed by atoms with E-state index in [-0.39, 0.29) is 6.61 Å². The summed E-state index contributed by atoms with van der Waals surface area (Å²) in [4.78, 5) is 22.9. The van der Waals surface area contributed by atoms with E-state index in [1.807, 2.05) is 0 Å². The number of hydrogen-bond acceptors (Lipinski definition) is 5. The average Bonchev–Trinajstić information content (AvgIpc) is 2.42. The number of hydrogen-bond donors (Lipinski definition) is 1. The SMILES string of the molecule is COC(=O)c1ccc(I)c(OCCNC(=O)OC(C)(C)C)c1. The zero-order valence-electron chi connectivity index (χ0n) is 13.1. The lowest BCUT2D eigenvalue weighted by atomic mass is 10.2. The molecule has 7 heteroatoms. The molecule has 0 aliphatic carbocycles. The Labute approximate surface area is 143 Å². The molecule has 0 spiro atoms. The van der Waals surface area contributed by atoms with Gasteiger partial charge in [-0.15, -0.1) is 0 Å². The fourth-order valence-corrected chi connectivity index (χ4v) is 1.98. The molecule has 0 fully saturated rings.